The van der Waals surface area contributed by atoms with E-state index in [1.807, 2.05) is 0 Å². The van der Waals surface area contributed by atoms with Crippen LogP contribution in [-0.4, -0.2) is 56.6 Å². The molecule has 0 radical (unpaired) electrons. The molecule has 1 saturated carbocycles. The van der Waals surface area contributed by atoms with Crippen molar-refractivity contribution in [3.63, 3.8) is 0 Å². The normalized spacial score (nSPS) is 17.0. The zero-order chi connectivity index (χ0) is 21.7. The molecule has 0 aromatic heterocycles. The fourth-order valence-electron chi connectivity index (χ4n) is 3.62. The van der Waals surface area contributed by atoms with E-state index in [9.17, 15) is 18.0 Å². The zero-order valence-electron chi connectivity index (χ0n) is 17.7. The number of amides is 1. The predicted octanol–water partition coefficient (Wildman–Crippen LogP) is 2.58. The molecule has 1 N–H and O–H groups in total. The van der Waals surface area contributed by atoms with Crippen LogP contribution >= 0.6 is 0 Å². The van der Waals surface area contributed by atoms with E-state index in [0.717, 1.165) is 38.4 Å². The van der Waals surface area contributed by atoms with E-state index in [2.05, 4.69) is 5.32 Å². The van der Waals surface area contributed by atoms with Crippen LogP contribution in [0.2, 0.25) is 0 Å². The lowest BCUT2D eigenvalue weighted by molar-refractivity contribution is -0.137. The lowest BCUT2D eigenvalue weighted by atomic mass is 9.85. The largest absolute Gasteiger partial charge is 0.448 e. The van der Waals surface area contributed by atoms with Gasteiger partial charge in [0.2, 0.25) is 10.0 Å². The third-order valence-corrected chi connectivity index (χ3v) is 6.59. The van der Waals surface area contributed by atoms with Gasteiger partial charge in [0.15, 0.2) is 6.10 Å². The minimum absolute atomic E-state index is 0.0383. The van der Waals surface area contributed by atoms with Gasteiger partial charge in [-0.05, 0) is 25.0 Å². The van der Waals surface area contributed by atoms with Gasteiger partial charge < -0.3 is 10.1 Å². The summed E-state index contributed by atoms with van der Waals surface area (Å²) in [4.78, 5) is 25.7. The van der Waals surface area contributed by atoms with Gasteiger partial charge in [-0.15, -0.1) is 0 Å². The minimum Gasteiger partial charge on any atom is -0.448 e. The highest BCUT2D eigenvalue weighted by Gasteiger charge is 2.41. The van der Waals surface area contributed by atoms with E-state index >= 15 is 0 Å². The van der Waals surface area contributed by atoms with E-state index in [-0.39, 0.29) is 18.5 Å². The number of ether oxygens (including phenoxy) is 1. The Bertz CT molecular complexity index is 802. The van der Waals surface area contributed by atoms with Crippen LogP contribution in [0, 0.1) is 5.41 Å². The molecule has 8 heteroatoms. The molecule has 1 aliphatic carbocycles. The first-order valence-corrected chi connectivity index (χ1v) is 11.8. The Labute approximate surface area is 173 Å². The second-order valence-corrected chi connectivity index (χ2v) is 10.6. The van der Waals surface area contributed by atoms with Gasteiger partial charge in [-0.3, -0.25) is 4.79 Å². The summed E-state index contributed by atoms with van der Waals surface area (Å²) < 4.78 is 30.6. The molecular weight excluding hydrogens is 392 g/mol. The zero-order valence-corrected chi connectivity index (χ0v) is 18.5. The van der Waals surface area contributed by atoms with Crippen molar-refractivity contribution in [3.8, 4) is 0 Å². The summed E-state index contributed by atoms with van der Waals surface area (Å²) in [6.07, 6.45) is 5.05. The second kappa shape index (κ2) is 9.71. The molecule has 0 aliphatic heterocycles. The molecule has 1 amide bonds. The monoisotopic (exact) mass is 424 g/mol. The molecule has 1 fully saturated rings. The standard InChI is InChI=1S/C21H32N2O5S/c1-21(2,15-23(3)29(4,26)27)18(19(24)22-17-13-9-6-10-14-17)28-20(25)16-11-7-5-8-12-16/h5,7-8,11-12,17-18H,6,9-10,13-15H2,1-4H3,(H,22,24)/t18-/m1/s1. The maximum Gasteiger partial charge on any atom is 0.338 e. The summed E-state index contributed by atoms with van der Waals surface area (Å²) in [5.74, 6) is -0.988. The third-order valence-electron chi connectivity index (χ3n) is 5.33. The summed E-state index contributed by atoms with van der Waals surface area (Å²) in [7, 11) is -1.99. The summed E-state index contributed by atoms with van der Waals surface area (Å²) in [6, 6.07) is 8.52. The van der Waals surface area contributed by atoms with Gasteiger partial charge in [0.1, 0.15) is 0 Å². The fraction of sp³-hybridized carbons (Fsp3) is 0.619. The van der Waals surface area contributed by atoms with Crippen LogP contribution in [0.15, 0.2) is 30.3 Å². The Kier molecular flexibility index (Phi) is 7.82. The number of sulfonamides is 1. The quantitative estimate of drug-likeness (QED) is 0.648. The third kappa shape index (κ3) is 6.82. The first-order chi connectivity index (χ1) is 13.5. The van der Waals surface area contributed by atoms with Gasteiger partial charge in [-0.25, -0.2) is 17.5 Å². The summed E-state index contributed by atoms with van der Waals surface area (Å²) in [6.45, 7) is 3.51. The average Bonchev–Trinajstić information content (AvgIpc) is 2.66. The van der Waals surface area contributed by atoms with Crippen LogP contribution in [-0.2, 0) is 19.6 Å². The Balaban J connectivity index is 2.23. The van der Waals surface area contributed by atoms with Crippen LogP contribution in [0.25, 0.3) is 0 Å². The number of hydrogen-bond donors (Lipinski definition) is 1. The van der Waals surface area contributed by atoms with Crippen molar-refractivity contribution in [3.05, 3.63) is 35.9 Å². The van der Waals surface area contributed by atoms with E-state index < -0.39 is 27.5 Å². The molecule has 0 spiro atoms. The molecule has 7 nitrogen and oxygen atoms in total. The Morgan fingerprint density at radius 3 is 2.31 bits per heavy atom. The Morgan fingerprint density at radius 1 is 1.17 bits per heavy atom. The molecule has 1 aromatic carbocycles. The molecule has 1 aromatic rings. The maximum atomic E-state index is 13.1. The van der Waals surface area contributed by atoms with E-state index in [4.69, 9.17) is 4.74 Å². The number of rotatable bonds is 8. The Hall–Kier alpha value is -1.93. The lowest BCUT2D eigenvalue weighted by Crippen LogP contribution is -2.53. The number of nitrogens with one attached hydrogen (secondary N) is 1. The first-order valence-electron chi connectivity index (χ1n) is 9.98. The highest BCUT2D eigenvalue weighted by atomic mass is 32.2. The van der Waals surface area contributed by atoms with Gasteiger partial charge >= 0.3 is 5.97 Å². The number of benzene rings is 1. The van der Waals surface area contributed by atoms with Crippen LogP contribution in [0.3, 0.4) is 0 Å². The van der Waals surface area contributed by atoms with Crippen molar-refractivity contribution in [1.29, 1.82) is 0 Å². The number of nitrogens with zero attached hydrogens (tertiary/aromatic N) is 1. The molecule has 1 atom stereocenters. The highest BCUT2D eigenvalue weighted by Crippen LogP contribution is 2.28. The fourth-order valence-corrected chi connectivity index (χ4v) is 4.18. The summed E-state index contributed by atoms with van der Waals surface area (Å²) in [5, 5.41) is 3.01. The van der Waals surface area contributed by atoms with Crippen molar-refractivity contribution in [2.45, 2.75) is 58.1 Å². The van der Waals surface area contributed by atoms with Crippen LogP contribution in [0.1, 0.15) is 56.3 Å². The number of esters is 1. The summed E-state index contributed by atoms with van der Waals surface area (Å²) >= 11 is 0. The SMILES string of the molecule is CN(CC(C)(C)[C@H](OC(=O)c1ccccc1)C(=O)NC1CCCCC1)S(C)(=O)=O. The highest BCUT2D eigenvalue weighted by molar-refractivity contribution is 7.88. The van der Waals surface area contributed by atoms with Gasteiger partial charge in [-0.1, -0.05) is 51.3 Å². The molecule has 2 rings (SSSR count). The summed E-state index contributed by atoms with van der Waals surface area (Å²) in [5.41, 5.74) is -0.587. The molecule has 0 unspecified atom stereocenters. The van der Waals surface area contributed by atoms with Crippen molar-refractivity contribution in [2.24, 2.45) is 5.41 Å². The molecular formula is C21H32N2O5S. The second-order valence-electron chi connectivity index (χ2n) is 8.50. The van der Waals surface area contributed by atoms with E-state index in [1.165, 1.54) is 11.4 Å². The number of carbonyl (C=O) groups is 2. The van der Waals surface area contributed by atoms with E-state index in [1.54, 1.807) is 44.2 Å². The number of carbonyl (C=O) groups excluding carboxylic acids is 2. The minimum atomic E-state index is -3.44. The smallest absolute Gasteiger partial charge is 0.338 e. The van der Waals surface area contributed by atoms with Crippen molar-refractivity contribution >= 4 is 21.9 Å². The lowest BCUT2D eigenvalue weighted by Gasteiger charge is -2.36. The maximum absolute atomic E-state index is 13.1. The van der Waals surface area contributed by atoms with Crippen molar-refractivity contribution < 1.29 is 22.7 Å². The predicted molar refractivity (Wildman–Crippen MR) is 112 cm³/mol. The van der Waals surface area contributed by atoms with Gasteiger partial charge in [0.05, 0.1) is 11.8 Å². The van der Waals surface area contributed by atoms with Crippen molar-refractivity contribution in [2.75, 3.05) is 19.8 Å². The number of hydrogen-bond acceptors (Lipinski definition) is 5. The van der Waals surface area contributed by atoms with Gasteiger partial charge in [0.25, 0.3) is 5.91 Å². The topological polar surface area (TPSA) is 92.8 Å². The first kappa shape index (κ1) is 23.3. The van der Waals surface area contributed by atoms with Crippen LogP contribution < -0.4 is 5.32 Å². The molecule has 29 heavy (non-hydrogen) atoms. The van der Waals surface area contributed by atoms with E-state index in [0.29, 0.717) is 5.56 Å². The average molecular weight is 425 g/mol. The van der Waals surface area contributed by atoms with Gasteiger partial charge in [-0.2, -0.15) is 0 Å². The van der Waals surface area contributed by atoms with Crippen molar-refractivity contribution in [1.82, 2.24) is 9.62 Å². The molecule has 0 heterocycles. The Morgan fingerprint density at radius 2 is 1.76 bits per heavy atom. The molecule has 1 aliphatic rings. The van der Waals surface area contributed by atoms with Gasteiger partial charge in [0, 0.05) is 25.0 Å². The van der Waals surface area contributed by atoms with Crippen LogP contribution in [0.4, 0.5) is 0 Å². The molecule has 0 bridgehead atoms. The molecule has 0 saturated heterocycles. The molecule has 162 valence electrons. The van der Waals surface area contributed by atoms with Crippen LogP contribution in [0.5, 0.6) is 0 Å².